The predicted octanol–water partition coefficient (Wildman–Crippen LogP) is 5.13. The number of rotatable bonds is 1. The molecule has 1 aliphatic rings. The van der Waals surface area contributed by atoms with Gasteiger partial charge < -0.3 is 5.11 Å². The number of aromatic carboxylic acids is 1. The van der Waals surface area contributed by atoms with Crippen LogP contribution >= 0.6 is 0 Å². The molecule has 2 nitrogen and oxygen atoms in total. The van der Waals surface area contributed by atoms with Crippen LogP contribution in [0.4, 0.5) is 0 Å². The topological polar surface area (TPSA) is 37.3 Å². The van der Waals surface area contributed by atoms with Crippen molar-refractivity contribution in [2.75, 3.05) is 0 Å². The monoisotopic (exact) mass is 332 g/mol. The Hall–Kier alpha value is -2.53. The van der Waals surface area contributed by atoms with Gasteiger partial charge in [0.15, 0.2) is 0 Å². The van der Waals surface area contributed by atoms with Crippen molar-refractivity contribution in [3.05, 3.63) is 70.3 Å². The van der Waals surface area contributed by atoms with E-state index in [4.69, 9.17) is 0 Å². The maximum atomic E-state index is 11.3. The van der Waals surface area contributed by atoms with Crippen LogP contribution in [-0.2, 0) is 10.8 Å². The summed E-state index contributed by atoms with van der Waals surface area (Å²) in [5, 5.41) is 9.28. The number of benzene rings is 2. The Bertz CT molecular complexity index is 892. The minimum atomic E-state index is -0.946. The van der Waals surface area contributed by atoms with E-state index >= 15 is 0 Å². The Morgan fingerprint density at radius 2 is 1.56 bits per heavy atom. The van der Waals surface area contributed by atoms with Gasteiger partial charge in [-0.2, -0.15) is 0 Å². The fourth-order valence-corrected chi connectivity index (χ4v) is 3.58. The Morgan fingerprint density at radius 3 is 2.24 bits per heavy atom. The maximum absolute atomic E-state index is 11.3. The molecule has 0 amide bonds. The van der Waals surface area contributed by atoms with Crippen LogP contribution in [0.25, 0.3) is 0 Å². The Labute approximate surface area is 149 Å². The van der Waals surface area contributed by atoms with Gasteiger partial charge in [0.2, 0.25) is 0 Å². The van der Waals surface area contributed by atoms with Gasteiger partial charge in [-0.15, -0.1) is 0 Å². The molecule has 0 aliphatic heterocycles. The summed E-state index contributed by atoms with van der Waals surface area (Å²) in [6.45, 7) is 9.18. The zero-order valence-corrected chi connectivity index (χ0v) is 15.3. The van der Waals surface area contributed by atoms with Crippen LogP contribution < -0.4 is 0 Å². The number of carbonyl (C=O) groups is 1. The SMILES string of the molecule is CC1(C)CCC(C)(C)c2cc(C#Cc3ccccc3C(=O)O)ccc21. The van der Waals surface area contributed by atoms with Gasteiger partial charge in [-0.3, -0.25) is 0 Å². The predicted molar refractivity (Wildman–Crippen MR) is 101 cm³/mol. The molecule has 0 unspecified atom stereocenters. The van der Waals surface area contributed by atoms with Crippen molar-refractivity contribution in [3.63, 3.8) is 0 Å². The first-order valence-corrected chi connectivity index (χ1v) is 8.70. The average Bonchev–Trinajstić information content (AvgIpc) is 2.57. The van der Waals surface area contributed by atoms with Gasteiger partial charge in [0.1, 0.15) is 0 Å². The number of fused-ring (bicyclic) bond motifs is 1. The minimum absolute atomic E-state index is 0.140. The van der Waals surface area contributed by atoms with E-state index in [1.807, 2.05) is 6.07 Å². The first-order valence-electron chi connectivity index (χ1n) is 8.70. The third-order valence-electron chi connectivity index (χ3n) is 5.35. The summed E-state index contributed by atoms with van der Waals surface area (Å²) in [7, 11) is 0. The highest BCUT2D eigenvalue weighted by Crippen LogP contribution is 2.45. The van der Waals surface area contributed by atoms with Crippen LogP contribution in [0.3, 0.4) is 0 Å². The van der Waals surface area contributed by atoms with Crippen LogP contribution in [0.15, 0.2) is 42.5 Å². The van der Waals surface area contributed by atoms with Gasteiger partial charge >= 0.3 is 5.97 Å². The zero-order chi connectivity index (χ0) is 18.2. The second-order valence-corrected chi connectivity index (χ2v) is 8.13. The van der Waals surface area contributed by atoms with E-state index in [2.05, 4.69) is 57.7 Å². The van der Waals surface area contributed by atoms with Gasteiger partial charge in [-0.05, 0) is 59.1 Å². The highest BCUT2D eigenvalue weighted by Gasteiger charge is 2.36. The molecule has 2 aromatic carbocycles. The van der Waals surface area contributed by atoms with Gasteiger partial charge in [-0.1, -0.05) is 57.7 Å². The summed E-state index contributed by atoms with van der Waals surface area (Å²) in [6.07, 6.45) is 2.34. The van der Waals surface area contributed by atoms with Gasteiger partial charge in [0.25, 0.3) is 0 Å². The average molecular weight is 332 g/mol. The first kappa shape index (κ1) is 17.3. The van der Waals surface area contributed by atoms with Crippen molar-refractivity contribution in [3.8, 4) is 11.8 Å². The number of hydrogen-bond donors (Lipinski definition) is 1. The standard InChI is InChI=1S/C23H24O2/c1-22(2)13-14-23(3,4)20-15-16(10-12-19(20)22)9-11-17-7-5-6-8-18(17)21(24)25/h5-8,10,12,15H,13-14H2,1-4H3,(H,24,25). The fourth-order valence-electron chi connectivity index (χ4n) is 3.58. The fraction of sp³-hybridized carbons (Fsp3) is 0.348. The number of carboxylic acids is 1. The lowest BCUT2D eigenvalue weighted by Crippen LogP contribution is -2.33. The second-order valence-electron chi connectivity index (χ2n) is 8.13. The van der Waals surface area contributed by atoms with Crippen LogP contribution in [0, 0.1) is 11.8 Å². The van der Waals surface area contributed by atoms with Gasteiger partial charge in [0, 0.05) is 11.1 Å². The summed E-state index contributed by atoms with van der Waals surface area (Å²) in [4.78, 5) is 11.3. The summed E-state index contributed by atoms with van der Waals surface area (Å²) in [5.74, 6) is 5.25. The smallest absolute Gasteiger partial charge is 0.336 e. The van der Waals surface area contributed by atoms with E-state index in [-0.39, 0.29) is 16.4 Å². The summed E-state index contributed by atoms with van der Waals surface area (Å²) >= 11 is 0. The number of hydrogen-bond acceptors (Lipinski definition) is 1. The van der Waals surface area contributed by atoms with E-state index in [0.717, 1.165) is 12.0 Å². The highest BCUT2D eigenvalue weighted by molar-refractivity contribution is 5.90. The van der Waals surface area contributed by atoms with Crippen LogP contribution in [0.1, 0.15) is 73.1 Å². The molecule has 0 spiro atoms. The molecule has 0 saturated carbocycles. The quantitative estimate of drug-likeness (QED) is 0.735. The highest BCUT2D eigenvalue weighted by atomic mass is 16.4. The molecule has 0 heterocycles. The molecule has 1 aliphatic carbocycles. The molecule has 128 valence electrons. The molecule has 2 aromatic rings. The maximum Gasteiger partial charge on any atom is 0.336 e. The van der Waals surface area contributed by atoms with Crippen molar-refractivity contribution >= 4 is 5.97 Å². The van der Waals surface area contributed by atoms with E-state index in [9.17, 15) is 9.90 Å². The van der Waals surface area contributed by atoms with Crippen LogP contribution in [-0.4, -0.2) is 11.1 Å². The van der Waals surface area contributed by atoms with Crippen molar-refractivity contribution < 1.29 is 9.90 Å². The first-order chi connectivity index (χ1) is 11.7. The summed E-state index contributed by atoms with van der Waals surface area (Å²) in [6, 6.07) is 13.3. The van der Waals surface area contributed by atoms with Gasteiger partial charge in [-0.25, -0.2) is 4.79 Å². The van der Waals surface area contributed by atoms with E-state index in [1.54, 1.807) is 18.2 Å². The molecule has 1 N–H and O–H groups in total. The molecular weight excluding hydrogens is 308 g/mol. The van der Waals surface area contributed by atoms with Gasteiger partial charge in [0.05, 0.1) is 5.56 Å². The second kappa shape index (κ2) is 6.08. The molecule has 0 fully saturated rings. The normalized spacial score (nSPS) is 17.1. The number of carboxylic acid groups (broad SMARTS) is 1. The molecule has 0 aromatic heterocycles. The Kier molecular flexibility index (Phi) is 4.21. The summed E-state index contributed by atoms with van der Waals surface area (Å²) in [5.41, 5.74) is 4.82. The zero-order valence-electron chi connectivity index (χ0n) is 15.3. The van der Waals surface area contributed by atoms with Crippen LogP contribution in [0.5, 0.6) is 0 Å². The van der Waals surface area contributed by atoms with Crippen molar-refractivity contribution in [2.24, 2.45) is 0 Å². The molecule has 0 radical (unpaired) electrons. The van der Waals surface area contributed by atoms with E-state index < -0.39 is 5.97 Å². The van der Waals surface area contributed by atoms with E-state index in [0.29, 0.717) is 5.56 Å². The molecule has 0 atom stereocenters. The Morgan fingerprint density at radius 1 is 0.920 bits per heavy atom. The largest absolute Gasteiger partial charge is 0.478 e. The molecule has 25 heavy (non-hydrogen) atoms. The Balaban J connectivity index is 2.04. The summed E-state index contributed by atoms with van der Waals surface area (Å²) < 4.78 is 0. The lowest BCUT2D eigenvalue weighted by molar-refractivity contribution is 0.0696. The third-order valence-corrected chi connectivity index (χ3v) is 5.35. The molecule has 0 bridgehead atoms. The molecule has 3 rings (SSSR count). The lowest BCUT2D eigenvalue weighted by atomic mass is 9.63. The molecule has 2 heteroatoms. The van der Waals surface area contributed by atoms with Crippen LogP contribution in [0.2, 0.25) is 0 Å². The van der Waals surface area contributed by atoms with Crippen molar-refractivity contribution in [2.45, 2.75) is 51.4 Å². The molecular formula is C23H24O2. The van der Waals surface area contributed by atoms with Crippen molar-refractivity contribution in [1.82, 2.24) is 0 Å². The minimum Gasteiger partial charge on any atom is -0.478 e. The third kappa shape index (κ3) is 3.33. The van der Waals surface area contributed by atoms with Crippen molar-refractivity contribution in [1.29, 1.82) is 0 Å². The lowest BCUT2D eigenvalue weighted by Gasteiger charge is -2.41. The van der Waals surface area contributed by atoms with E-state index in [1.165, 1.54) is 17.5 Å². The molecule has 0 saturated heterocycles.